The Hall–Kier alpha value is -1.26. The number of nitrogens with zero attached hydrogens (tertiary/aromatic N) is 1. The van der Waals surface area contributed by atoms with Crippen molar-refractivity contribution in [3.8, 4) is 0 Å². The molecule has 2 nitrogen and oxygen atoms in total. The number of likely N-dealkylation sites (N-methyl/N-ethyl adjacent to an activating group) is 1. The van der Waals surface area contributed by atoms with Crippen LogP contribution in [0.4, 0.5) is 4.39 Å². The Labute approximate surface area is 121 Å². The molecule has 4 heteroatoms. The first-order valence-corrected chi connectivity index (χ1v) is 6.93. The molecule has 1 N–H and O–H groups in total. The number of aryl methyl sites for hydroxylation is 1. The molecule has 2 rings (SSSR count). The van der Waals surface area contributed by atoms with Crippen molar-refractivity contribution in [2.45, 2.75) is 19.4 Å². The van der Waals surface area contributed by atoms with Crippen LogP contribution in [-0.4, -0.2) is 12.0 Å². The van der Waals surface area contributed by atoms with Gasteiger partial charge < -0.3 is 5.32 Å². The third-order valence-electron chi connectivity index (χ3n) is 3.07. The van der Waals surface area contributed by atoms with Gasteiger partial charge in [-0.25, -0.2) is 4.39 Å². The molecular formula is C15H16BrFN2. The maximum absolute atomic E-state index is 13.3. The maximum atomic E-state index is 13.3. The summed E-state index contributed by atoms with van der Waals surface area (Å²) in [5.74, 6) is -0.217. The van der Waals surface area contributed by atoms with E-state index in [9.17, 15) is 4.39 Å². The predicted molar refractivity (Wildman–Crippen MR) is 78.6 cm³/mol. The van der Waals surface area contributed by atoms with Crippen LogP contribution < -0.4 is 5.32 Å². The molecule has 0 aliphatic rings. The average molecular weight is 323 g/mol. The van der Waals surface area contributed by atoms with Crippen LogP contribution in [0.25, 0.3) is 0 Å². The monoisotopic (exact) mass is 322 g/mol. The molecule has 1 heterocycles. The van der Waals surface area contributed by atoms with Crippen molar-refractivity contribution < 1.29 is 4.39 Å². The summed E-state index contributed by atoms with van der Waals surface area (Å²) in [4.78, 5) is 4.39. The molecule has 1 unspecified atom stereocenters. The summed E-state index contributed by atoms with van der Waals surface area (Å²) in [6.07, 6.45) is 2.49. The van der Waals surface area contributed by atoms with Gasteiger partial charge in [0.25, 0.3) is 0 Å². The van der Waals surface area contributed by atoms with Gasteiger partial charge in [-0.1, -0.05) is 15.9 Å². The Morgan fingerprint density at radius 1 is 1.32 bits per heavy atom. The van der Waals surface area contributed by atoms with Crippen LogP contribution in [0.2, 0.25) is 0 Å². The van der Waals surface area contributed by atoms with Crippen molar-refractivity contribution in [2.24, 2.45) is 0 Å². The summed E-state index contributed by atoms with van der Waals surface area (Å²) in [6.45, 7) is 2.04. The molecule has 0 spiro atoms. The summed E-state index contributed by atoms with van der Waals surface area (Å²) in [7, 11) is 1.89. The molecule has 1 atom stereocenters. The Bertz CT molecular complexity index is 572. The van der Waals surface area contributed by atoms with E-state index in [0.717, 1.165) is 15.7 Å². The second kappa shape index (κ2) is 6.26. The van der Waals surface area contributed by atoms with E-state index in [4.69, 9.17) is 0 Å². The molecule has 0 saturated carbocycles. The molecule has 0 radical (unpaired) electrons. The highest BCUT2D eigenvalue weighted by atomic mass is 79.9. The van der Waals surface area contributed by atoms with Crippen LogP contribution in [0.15, 0.2) is 41.0 Å². The highest BCUT2D eigenvalue weighted by molar-refractivity contribution is 9.10. The molecule has 0 aliphatic heterocycles. The Kier molecular flexibility index (Phi) is 4.66. The fourth-order valence-electron chi connectivity index (χ4n) is 2.02. The van der Waals surface area contributed by atoms with Crippen LogP contribution in [-0.2, 0) is 6.42 Å². The standard InChI is InChI=1S/C15H16BrFN2/c1-10-5-6-19-15(7-10)14(18-2)9-11-8-12(17)3-4-13(11)16/h3-8,14,18H,9H2,1-2H3. The molecule has 0 aliphatic carbocycles. The molecule has 0 saturated heterocycles. The van der Waals surface area contributed by atoms with E-state index in [1.54, 1.807) is 18.3 Å². The molecular weight excluding hydrogens is 307 g/mol. The summed E-state index contributed by atoms with van der Waals surface area (Å²) >= 11 is 3.46. The summed E-state index contributed by atoms with van der Waals surface area (Å²) in [5.41, 5.74) is 3.07. The van der Waals surface area contributed by atoms with Crippen molar-refractivity contribution >= 4 is 15.9 Å². The fraction of sp³-hybridized carbons (Fsp3) is 0.267. The highest BCUT2D eigenvalue weighted by Gasteiger charge is 2.14. The van der Waals surface area contributed by atoms with Crippen molar-refractivity contribution in [3.63, 3.8) is 0 Å². The lowest BCUT2D eigenvalue weighted by molar-refractivity contribution is 0.569. The Morgan fingerprint density at radius 2 is 2.11 bits per heavy atom. The molecule has 1 aromatic carbocycles. The zero-order chi connectivity index (χ0) is 13.8. The quantitative estimate of drug-likeness (QED) is 0.926. The molecule has 2 aromatic rings. The van der Waals surface area contributed by atoms with Crippen molar-refractivity contribution in [1.82, 2.24) is 10.3 Å². The number of benzene rings is 1. The third-order valence-corrected chi connectivity index (χ3v) is 3.85. The number of halogens is 2. The first-order chi connectivity index (χ1) is 9.10. The van der Waals surface area contributed by atoms with Gasteiger partial charge in [0.15, 0.2) is 0 Å². The van der Waals surface area contributed by atoms with Gasteiger partial charge in [0, 0.05) is 10.7 Å². The van der Waals surface area contributed by atoms with E-state index < -0.39 is 0 Å². The van der Waals surface area contributed by atoms with E-state index in [0.29, 0.717) is 6.42 Å². The number of hydrogen-bond donors (Lipinski definition) is 1. The van der Waals surface area contributed by atoms with Crippen molar-refractivity contribution in [3.05, 3.63) is 63.6 Å². The van der Waals surface area contributed by atoms with Crippen LogP contribution in [0, 0.1) is 12.7 Å². The van der Waals surface area contributed by atoms with Gasteiger partial charge in [0.1, 0.15) is 5.82 Å². The lowest BCUT2D eigenvalue weighted by Gasteiger charge is -2.17. The van der Waals surface area contributed by atoms with E-state index in [1.165, 1.54) is 11.6 Å². The SMILES string of the molecule is CNC(Cc1cc(F)ccc1Br)c1cc(C)ccn1. The summed E-state index contributed by atoms with van der Waals surface area (Å²) < 4.78 is 14.2. The van der Waals surface area contributed by atoms with Crippen LogP contribution in [0.1, 0.15) is 22.9 Å². The molecule has 0 fully saturated rings. The van der Waals surface area contributed by atoms with Gasteiger partial charge in [-0.05, 0) is 61.9 Å². The lowest BCUT2D eigenvalue weighted by Crippen LogP contribution is -2.20. The van der Waals surface area contributed by atoms with Gasteiger partial charge in [0.2, 0.25) is 0 Å². The molecule has 0 amide bonds. The fourth-order valence-corrected chi connectivity index (χ4v) is 2.43. The van der Waals surface area contributed by atoms with Gasteiger partial charge in [-0.15, -0.1) is 0 Å². The first-order valence-electron chi connectivity index (χ1n) is 6.14. The summed E-state index contributed by atoms with van der Waals surface area (Å²) in [5, 5.41) is 3.23. The Balaban J connectivity index is 2.26. The van der Waals surface area contributed by atoms with Crippen LogP contribution >= 0.6 is 15.9 Å². The molecule has 1 aromatic heterocycles. The number of rotatable bonds is 4. The van der Waals surface area contributed by atoms with Gasteiger partial charge in [-0.3, -0.25) is 4.98 Å². The van der Waals surface area contributed by atoms with E-state index in [1.807, 2.05) is 26.1 Å². The molecule has 100 valence electrons. The predicted octanol–water partition coefficient (Wildman–Crippen LogP) is 3.79. The molecule has 19 heavy (non-hydrogen) atoms. The lowest BCUT2D eigenvalue weighted by atomic mass is 10.0. The second-order valence-electron chi connectivity index (χ2n) is 4.54. The average Bonchev–Trinajstić information content (AvgIpc) is 2.39. The Morgan fingerprint density at radius 3 is 2.79 bits per heavy atom. The zero-order valence-corrected chi connectivity index (χ0v) is 12.5. The number of nitrogens with one attached hydrogen (secondary N) is 1. The number of hydrogen-bond acceptors (Lipinski definition) is 2. The zero-order valence-electron chi connectivity index (χ0n) is 11.0. The van der Waals surface area contributed by atoms with Crippen LogP contribution in [0.5, 0.6) is 0 Å². The minimum Gasteiger partial charge on any atom is -0.311 e. The minimum atomic E-state index is -0.217. The van der Waals surface area contributed by atoms with Crippen LogP contribution in [0.3, 0.4) is 0 Å². The number of pyridine rings is 1. The van der Waals surface area contributed by atoms with Gasteiger partial charge in [-0.2, -0.15) is 0 Å². The normalized spacial score (nSPS) is 12.4. The maximum Gasteiger partial charge on any atom is 0.123 e. The van der Waals surface area contributed by atoms with Crippen molar-refractivity contribution in [1.29, 1.82) is 0 Å². The largest absolute Gasteiger partial charge is 0.311 e. The van der Waals surface area contributed by atoms with E-state index in [-0.39, 0.29) is 11.9 Å². The van der Waals surface area contributed by atoms with E-state index in [2.05, 4.69) is 26.2 Å². The smallest absolute Gasteiger partial charge is 0.123 e. The topological polar surface area (TPSA) is 24.9 Å². The number of aromatic nitrogens is 1. The first kappa shape index (κ1) is 14.2. The summed E-state index contributed by atoms with van der Waals surface area (Å²) in [6, 6.07) is 8.83. The van der Waals surface area contributed by atoms with E-state index >= 15 is 0 Å². The van der Waals surface area contributed by atoms with Gasteiger partial charge in [0.05, 0.1) is 11.7 Å². The molecule has 0 bridgehead atoms. The highest BCUT2D eigenvalue weighted by Crippen LogP contribution is 2.24. The van der Waals surface area contributed by atoms with Gasteiger partial charge >= 0.3 is 0 Å². The second-order valence-corrected chi connectivity index (χ2v) is 5.39. The third kappa shape index (κ3) is 3.61. The van der Waals surface area contributed by atoms with Crippen molar-refractivity contribution in [2.75, 3.05) is 7.05 Å². The minimum absolute atomic E-state index is 0.0676.